The smallest absolute Gasteiger partial charge is 0.311 e. The van der Waals surface area contributed by atoms with Crippen LogP contribution in [0.3, 0.4) is 0 Å². The Labute approximate surface area is 66.7 Å². The van der Waals surface area contributed by atoms with Crippen molar-refractivity contribution < 1.29 is 14.6 Å². The molecule has 0 saturated carbocycles. The molecule has 0 rings (SSSR count). The number of rotatable bonds is 3. The lowest BCUT2D eigenvalue weighted by Gasteiger charge is -2.11. The summed E-state index contributed by atoms with van der Waals surface area (Å²) in [5, 5.41) is 9.23. The van der Waals surface area contributed by atoms with Crippen molar-refractivity contribution in [3.8, 4) is 0 Å². The van der Waals surface area contributed by atoms with Crippen LogP contribution in [-0.4, -0.2) is 24.3 Å². The fourth-order valence-electron chi connectivity index (χ4n) is 0.689. The van der Waals surface area contributed by atoms with Crippen LogP contribution in [0.1, 0.15) is 13.8 Å². The van der Waals surface area contributed by atoms with E-state index in [4.69, 9.17) is 0 Å². The third-order valence-electron chi connectivity index (χ3n) is 1.47. The van der Waals surface area contributed by atoms with Crippen LogP contribution in [0.25, 0.3) is 0 Å². The van der Waals surface area contributed by atoms with E-state index in [1.807, 2.05) is 0 Å². The second-order valence-electron chi connectivity index (χ2n) is 2.33. The number of methoxy groups -OCH3 is 1. The van der Waals surface area contributed by atoms with Gasteiger partial charge < -0.3 is 9.84 Å². The number of esters is 1. The minimum atomic E-state index is -0.743. The number of carbonyl (C=O) groups is 1. The molecular weight excluding hydrogens is 144 g/mol. The number of allylic oxidation sites excluding steroid dienone is 1. The summed E-state index contributed by atoms with van der Waals surface area (Å²) in [4.78, 5) is 10.8. The summed E-state index contributed by atoms with van der Waals surface area (Å²) in [6, 6.07) is 0. The van der Waals surface area contributed by atoms with E-state index in [1.54, 1.807) is 26.0 Å². The Morgan fingerprint density at radius 1 is 1.64 bits per heavy atom. The van der Waals surface area contributed by atoms with Gasteiger partial charge in [-0.3, -0.25) is 4.79 Å². The molecule has 0 amide bonds. The van der Waals surface area contributed by atoms with Crippen LogP contribution < -0.4 is 0 Å². The minimum Gasteiger partial charge on any atom is -0.469 e. The Morgan fingerprint density at radius 2 is 2.18 bits per heavy atom. The van der Waals surface area contributed by atoms with Gasteiger partial charge in [-0.2, -0.15) is 0 Å². The van der Waals surface area contributed by atoms with Crippen LogP contribution in [0.4, 0.5) is 0 Å². The highest BCUT2D eigenvalue weighted by Gasteiger charge is 2.19. The Bertz CT molecular complexity index is 151. The van der Waals surface area contributed by atoms with E-state index in [2.05, 4.69) is 4.74 Å². The number of ether oxygens (including phenoxy) is 1. The van der Waals surface area contributed by atoms with E-state index in [9.17, 15) is 9.90 Å². The molecule has 0 spiro atoms. The van der Waals surface area contributed by atoms with Gasteiger partial charge >= 0.3 is 5.97 Å². The molecule has 0 aromatic heterocycles. The van der Waals surface area contributed by atoms with Gasteiger partial charge in [0.25, 0.3) is 0 Å². The third kappa shape index (κ3) is 3.18. The zero-order valence-electron chi connectivity index (χ0n) is 7.07. The number of aliphatic hydroxyl groups is 1. The van der Waals surface area contributed by atoms with Gasteiger partial charge in [0.1, 0.15) is 0 Å². The Hall–Kier alpha value is -0.830. The monoisotopic (exact) mass is 158 g/mol. The Kier molecular flexibility index (Phi) is 4.54. The first kappa shape index (κ1) is 10.2. The molecule has 2 atom stereocenters. The van der Waals surface area contributed by atoms with Gasteiger partial charge in [-0.1, -0.05) is 12.2 Å². The number of aliphatic hydroxyl groups excluding tert-OH is 1. The van der Waals surface area contributed by atoms with Gasteiger partial charge in [-0.15, -0.1) is 0 Å². The summed E-state index contributed by atoms with van der Waals surface area (Å²) in [5.41, 5.74) is 0. The molecule has 64 valence electrons. The van der Waals surface area contributed by atoms with Gasteiger partial charge in [0, 0.05) is 0 Å². The minimum absolute atomic E-state index is 0.393. The zero-order valence-corrected chi connectivity index (χ0v) is 7.07. The molecular formula is C8H14O3. The van der Waals surface area contributed by atoms with E-state index >= 15 is 0 Å². The lowest BCUT2D eigenvalue weighted by molar-refractivity contribution is -0.147. The van der Waals surface area contributed by atoms with Crippen molar-refractivity contribution in [1.29, 1.82) is 0 Å². The fourth-order valence-corrected chi connectivity index (χ4v) is 0.689. The molecule has 0 aromatic carbocycles. The summed E-state index contributed by atoms with van der Waals surface area (Å²) in [6.07, 6.45) is 2.51. The summed E-state index contributed by atoms with van der Waals surface area (Å²) in [6.45, 7) is 3.41. The second-order valence-corrected chi connectivity index (χ2v) is 2.33. The van der Waals surface area contributed by atoms with Crippen molar-refractivity contribution in [3.63, 3.8) is 0 Å². The molecule has 3 nitrogen and oxygen atoms in total. The van der Waals surface area contributed by atoms with E-state index in [-0.39, 0.29) is 0 Å². The number of hydrogen-bond donors (Lipinski definition) is 1. The molecule has 0 aliphatic carbocycles. The van der Waals surface area contributed by atoms with Crippen LogP contribution in [0.2, 0.25) is 0 Å². The molecule has 0 aliphatic rings. The van der Waals surface area contributed by atoms with Crippen molar-refractivity contribution in [2.24, 2.45) is 5.92 Å². The molecule has 0 unspecified atom stereocenters. The molecule has 0 aromatic rings. The van der Waals surface area contributed by atoms with Crippen LogP contribution in [0.15, 0.2) is 12.2 Å². The highest BCUT2D eigenvalue weighted by Crippen LogP contribution is 2.05. The molecule has 1 N–H and O–H groups in total. The third-order valence-corrected chi connectivity index (χ3v) is 1.47. The molecule has 0 saturated heterocycles. The van der Waals surface area contributed by atoms with E-state index in [0.717, 1.165) is 0 Å². The first-order valence-corrected chi connectivity index (χ1v) is 3.52. The van der Waals surface area contributed by atoms with Crippen molar-refractivity contribution in [2.45, 2.75) is 20.0 Å². The average molecular weight is 158 g/mol. The quantitative estimate of drug-likeness (QED) is 0.486. The highest BCUT2D eigenvalue weighted by molar-refractivity contribution is 5.72. The lowest BCUT2D eigenvalue weighted by atomic mass is 10.1. The first-order chi connectivity index (χ1) is 5.13. The Morgan fingerprint density at radius 3 is 2.55 bits per heavy atom. The summed E-state index contributed by atoms with van der Waals surface area (Å²) in [7, 11) is 1.31. The van der Waals surface area contributed by atoms with Crippen molar-refractivity contribution in [3.05, 3.63) is 12.2 Å². The van der Waals surface area contributed by atoms with Gasteiger partial charge in [0.15, 0.2) is 0 Å². The summed E-state index contributed by atoms with van der Waals surface area (Å²) < 4.78 is 4.45. The topological polar surface area (TPSA) is 46.5 Å². The summed E-state index contributed by atoms with van der Waals surface area (Å²) in [5.74, 6) is -0.883. The molecule has 0 radical (unpaired) electrons. The second kappa shape index (κ2) is 4.91. The molecule has 3 heteroatoms. The standard InChI is InChI=1S/C8H14O3/c1-4-5-7(9)6(2)8(10)11-3/h4-7,9H,1-3H3/t6-,7+/m1/s1. The SMILES string of the molecule is CC=C[C@H](O)[C@@H](C)C(=O)OC. The first-order valence-electron chi connectivity index (χ1n) is 3.52. The van der Waals surface area contributed by atoms with Gasteiger partial charge in [0.05, 0.1) is 19.1 Å². The van der Waals surface area contributed by atoms with Crippen LogP contribution >= 0.6 is 0 Å². The predicted octanol–water partition coefficient (Wildman–Crippen LogP) is 0.732. The number of hydrogen-bond acceptors (Lipinski definition) is 3. The van der Waals surface area contributed by atoms with Crippen molar-refractivity contribution in [2.75, 3.05) is 7.11 Å². The van der Waals surface area contributed by atoms with E-state index < -0.39 is 18.0 Å². The average Bonchev–Trinajstić information content (AvgIpc) is 2.02. The van der Waals surface area contributed by atoms with E-state index in [0.29, 0.717) is 0 Å². The normalized spacial score (nSPS) is 16.4. The molecule has 0 fully saturated rings. The maximum Gasteiger partial charge on any atom is 0.311 e. The Balaban J connectivity index is 4.01. The maximum absolute atomic E-state index is 10.8. The number of carbonyl (C=O) groups excluding carboxylic acids is 1. The molecule has 0 aliphatic heterocycles. The summed E-state index contributed by atoms with van der Waals surface area (Å²) >= 11 is 0. The van der Waals surface area contributed by atoms with E-state index in [1.165, 1.54) is 7.11 Å². The predicted molar refractivity (Wildman–Crippen MR) is 42.0 cm³/mol. The van der Waals surface area contributed by atoms with Crippen LogP contribution in [0, 0.1) is 5.92 Å². The van der Waals surface area contributed by atoms with Gasteiger partial charge in [0.2, 0.25) is 0 Å². The largest absolute Gasteiger partial charge is 0.469 e. The van der Waals surface area contributed by atoms with Crippen LogP contribution in [0.5, 0.6) is 0 Å². The fraction of sp³-hybridized carbons (Fsp3) is 0.625. The van der Waals surface area contributed by atoms with Crippen molar-refractivity contribution in [1.82, 2.24) is 0 Å². The lowest BCUT2D eigenvalue weighted by Crippen LogP contribution is -2.24. The van der Waals surface area contributed by atoms with Gasteiger partial charge in [-0.25, -0.2) is 0 Å². The molecule has 0 heterocycles. The maximum atomic E-state index is 10.8. The van der Waals surface area contributed by atoms with Gasteiger partial charge in [-0.05, 0) is 13.8 Å². The van der Waals surface area contributed by atoms with Crippen molar-refractivity contribution >= 4 is 5.97 Å². The molecule has 11 heavy (non-hydrogen) atoms. The molecule has 0 bridgehead atoms. The highest BCUT2D eigenvalue weighted by atomic mass is 16.5. The van der Waals surface area contributed by atoms with Crippen LogP contribution in [-0.2, 0) is 9.53 Å². The zero-order chi connectivity index (χ0) is 8.85.